The fraction of sp³-hybridized carbons (Fsp3) is 0.625. The van der Waals surface area contributed by atoms with Crippen molar-refractivity contribution in [1.82, 2.24) is 5.43 Å². The van der Waals surface area contributed by atoms with E-state index in [1.807, 2.05) is 6.07 Å². The zero-order valence-corrected chi connectivity index (χ0v) is 11.9. The molecule has 1 aliphatic carbocycles. The lowest BCUT2D eigenvalue weighted by Crippen LogP contribution is -2.29. The van der Waals surface area contributed by atoms with Crippen LogP contribution in [0.15, 0.2) is 24.3 Å². The maximum absolute atomic E-state index is 5.74. The molecule has 2 rings (SSSR count). The third kappa shape index (κ3) is 4.22. The smallest absolute Gasteiger partial charge is 0.119 e. The van der Waals surface area contributed by atoms with E-state index in [1.165, 1.54) is 31.2 Å². The maximum Gasteiger partial charge on any atom is 0.119 e. The molecule has 1 atom stereocenters. The van der Waals surface area contributed by atoms with E-state index in [0.29, 0.717) is 0 Å². The fourth-order valence-electron chi connectivity index (χ4n) is 2.92. The Hall–Kier alpha value is -1.06. The molecule has 19 heavy (non-hydrogen) atoms. The van der Waals surface area contributed by atoms with Crippen molar-refractivity contribution < 1.29 is 4.74 Å². The van der Waals surface area contributed by atoms with E-state index >= 15 is 0 Å². The predicted molar refractivity (Wildman–Crippen MR) is 78.9 cm³/mol. The lowest BCUT2D eigenvalue weighted by molar-refractivity contribution is 0.316. The average molecular weight is 262 g/mol. The van der Waals surface area contributed by atoms with Crippen LogP contribution in [0.2, 0.25) is 0 Å². The molecule has 1 unspecified atom stereocenters. The maximum atomic E-state index is 5.74. The van der Waals surface area contributed by atoms with Gasteiger partial charge >= 0.3 is 0 Å². The van der Waals surface area contributed by atoms with E-state index in [9.17, 15) is 0 Å². The van der Waals surface area contributed by atoms with Gasteiger partial charge < -0.3 is 4.74 Å². The highest BCUT2D eigenvalue weighted by Gasteiger charge is 2.20. The minimum Gasteiger partial charge on any atom is -0.494 e. The molecule has 1 aromatic rings. The Morgan fingerprint density at radius 2 is 2.16 bits per heavy atom. The van der Waals surface area contributed by atoms with Crippen LogP contribution >= 0.6 is 0 Å². The Balaban J connectivity index is 2.00. The van der Waals surface area contributed by atoms with Crippen LogP contribution in [0.4, 0.5) is 0 Å². The highest BCUT2D eigenvalue weighted by atomic mass is 16.5. The van der Waals surface area contributed by atoms with Gasteiger partial charge in [0.2, 0.25) is 0 Å². The van der Waals surface area contributed by atoms with Crippen LogP contribution in [0.5, 0.6) is 5.75 Å². The molecule has 0 saturated heterocycles. The van der Waals surface area contributed by atoms with Crippen molar-refractivity contribution in [3.8, 4) is 5.75 Å². The van der Waals surface area contributed by atoms with Gasteiger partial charge in [-0.05, 0) is 36.5 Å². The lowest BCUT2D eigenvalue weighted by atomic mass is 9.94. The lowest BCUT2D eigenvalue weighted by Gasteiger charge is -2.20. The number of hydrogen-bond donors (Lipinski definition) is 2. The fourth-order valence-corrected chi connectivity index (χ4v) is 2.92. The zero-order valence-electron chi connectivity index (χ0n) is 11.9. The van der Waals surface area contributed by atoms with Gasteiger partial charge in [0.25, 0.3) is 0 Å². The van der Waals surface area contributed by atoms with Crippen LogP contribution in [-0.4, -0.2) is 6.61 Å². The van der Waals surface area contributed by atoms with Crippen LogP contribution in [-0.2, 0) is 0 Å². The van der Waals surface area contributed by atoms with Gasteiger partial charge in [-0.1, -0.05) is 44.7 Å². The molecule has 1 aromatic carbocycles. The summed E-state index contributed by atoms with van der Waals surface area (Å²) >= 11 is 0. The number of rotatable bonds is 7. The van der Waals surface area contributed by atoms with Crippen molar-refractivity contribution in [3.05, 3.63) is 29.8 Å². The average Bonchev–Trinajstić information content (AvgIpc) is 2.96. The van der Waals surface area contributed by atoms with E-state index in [1.54, 1.807) is 0 Å². The summed E-state index contributed by atoms with van der Waals surface area (Å²) in [5.41, 5.74) is 4.21. The summed E-state index contributed by atoms with van der Waals surface area (Å²) in [6.45, 7) is 2.89. The molecule has 0 amide bonds. The van der Waals surface area contributed by atoms with Crippen LogP contribution in [0.1, 0.15) is 57.1 Å². The third-order valence-corrected chi connectivity index (χ3v) is 3.98. The second-order valence-corrected chi connectivity index (χ2v) is 5.53. The van der Waals surface area contributed by atoms with Crippen molar-refractivity contribution >= 4 is 0 Å². The van der Waals surface area contributed by atoms with Crippen molar-refractivity contribution in [2.75, 3.05) is 6.61 Å². The number of nitrogens with one attached hydrogen (secondary N) is 1. The highest BCUT2D eigenvalue weighted by molar-refractivity contribution is 5.30. The standard InChI is InChI=1S/C16H26N2O/c1-2-10-19-15-9-5-8-14(12-15)16(18-17)11-13-6-3-4-7-13/h5,8-9,12-13,16,18H,2-4,6-7,10-11,17H2,1H3. The first kappa shape index (κ1) is 14.4. The summed E-state index contributed by atoms with van der Waals surface area (Å²) in [5, 5.41) is 0. The summed E-state index contributed by atoms with van der Waals surface area (Å²) in [5.74, 6) is 7.51. The van der Waals surface area contributed by atoms with E-state index in [-0.39, 0.29) is 6.04 Å². The molecule has 0 bridgehead atoms. The zero-order chi connectivity index (χ0) is 13.5. The summed E-state index contributed by atoms with van der Waals surface area (Å²) in [4.78, 5) is 0. The quantitative estimate of drug-likeness (QED) is 0.583. The molecule has 1 fully saturated rings. The number of benzene rings is 1. The number of hydrogen-bond acceptors (Lipinski definition) is 3. The molecule has 106 valence electrons. The third-order valence-electron chi connectivity index (χ3n) is 3.98. The van der Waals surface area contributed by atoms with Crippen LogP contribution in [0, 0.1) is 5.92 Å². The van der Waals surface area contributed by atoms with Gasteiger partial charge in [-0.3, -0.25) is 11.3 Å². The Morgan fingerprint density at radius 1 is 1.37 bits per heavy atom. The SMILES string of the molecule is CCCOc1cccc(C(CC2CCCC2)NN)c1. The first-order valence-electron chi connectivity index (χ1n) is 7.52. The van der Waals surface area contributed by atoms with Crippen molar-refractivity contribution in [3.63, 3.8) is 0 Å². The first-order chi connectivity index (χ1) is 9.33. The topological polar surface area (TPSA) is 47.3 Å². The Kier molecular flexibility index (Phi) is 5.67. The van der Waals surface area contributed by atoms with Gasteiger partial charge in [-0.2, -0.15) is 0 Å². The minimum absolute atomic E-state index is 0.244. The van der Waals surface area contributed by atoms with Crippen LogP contribution < -0.4 is 16.0 Å². The van der Waals surface area contributed by atoms with Gasteiger partial charge in [0.1, 0.15) is 5.75 Å². The Labute approximate surface area is 116 Å². The van der Waals surface area contributed by atoms with E-state index in [4.69, 9.17) is 10.6 Å². The van der Waals surface area contributed by atoms with Gasteiger partial charge in [-0.25, -0.2) is 0 Å². The molecule has 0 radical (unpaired) electrons. The van der Waals surface area contributed by atoms with Crippen LogP contribution in [0.25, 0.3) is 0 Å². The first-order valence-corrected chi connectivity index (χ1v) is 7.52. The molecule has 1 aliphatic rings. The highest BCUT2D eigenvalue weighted by Crippen LogP contribution is 2.33. The molecule has 3 N–H and O–H groups in total. The van der Waals surface area contributed by atoms with E-state index in [2.05, 4.69) is 30.5 Å². The van der Waals surface area contributed by atoms with E-state index < -0.39 is 0 Å². The summed E-state index contributed by atoms with van der Waals surface area (Å²) < 4.78 is 5.69. The molecular formula is C16H26N2O. The van der Waals surface area contributed by atoms with E-state index in [0.717, 1.165) is 31.1 Å². The number of hydrazine groups is 1. The molecule has 0 spiro atoms. The molecule has 0 aliphatic heterocycles. The predicted octanol–water partition coefficient (Wildman–Crippen LogP) is 3.56. The second kappa shape index (κ2) is 7.51. The molecule has 3 nitrogen and oxygen atoms in total. The monoisotopic (exact) mass is 262 g/mol. The van der Waals surface area contributed by atoms with Crippen molar-refractivity contribution in [2.45, 2.75) is 51.5 Å². The molecule has 0 heterocycles. The second-order valence-electron chi connectivity index (χ2n) is 5.53. The summed E-state index contributed by atoms with van der Waals surface area (Å²) in [6, 6.07) is 8.57. The minimum atomic E-state index is 0.244. The van der Waals surface area contributed by atoms with Gasteiger partial charge in [-0.15, -0.1) is 0 Å². The number of nitrogens with two attached hydrogens (primary N) is 1. The summed E-state index contributed by atoms with van der Waals surface area (Å²) in [7, 11) is 0. The Morgan fingerprint density at radius 3 is 2.84 bits per heavy atom. The number of ether oxygens (including phenoxy) is 1. The van der Waals surface area contributed by atoms with Crippen molar-refractivity contribution in [1.29, 1.82) is 0 Å². The van der Waals surface area contributed by atoms with Crippen LogP contribution in [0.3, 0.4) is 0 Å². The summed E-state index contributed by atoms with van der Waals surface area (Å²) in [6.07, 6.45) is 7.62. The van der Waals surface area contributed by atoms with Gasteiger partial charge in [0, 0.05) is 6.04 Å². The Bertz CT molecular complexity index is 375. The molecule has 3 heteroatoms. The van der Waals surface area contributed by atoms with Gasteiger partial charge in [0.05, 0.1) is 6.61 Å². The molecular weight excluding hydrogens is 236 g/mol. The molecule has 0 aromatic heterocycles. The normalized spacial score (nSPS) is 17.6. The van der Waals surface area contributed by atoms with Crippen molar-refractivity contribution in [2.24, 2.45) is 11.8 Å². The molecule has 1 saturated carbocycles. The van der Waals surface area contributed by atoms with Gasteiger partial charge in [0.15, 0.2) is 0 Å². The largest absolute Gasteiger partial charge is 0.494 e.